The summed E-state index contributed by atoms with van der Waals surface area (Å²) in [6.07, 6.45) is 4.00. The zero-order valence-corrected chi connectivity index (χ0v) is 28.2. The number of hydrogen-bond acceptors (Lipinski definition) is 0. The average Bonchev–Trinajstić information content (AvgIpc) is 3.57. The van der Waals surface area contributed by atoms with E-state index in [1.54, 1.807) is 0 Å². The summed E-state index contributed by atoms with van der Waals surface area (Å²) in [6.45, 7) is 15.4. The quantitative estimate of drug-likeness (QED) is 0.134. The standard InChI is InChI=1S/2C16H13.2C3H7.Si.Zr/c2*1-12-10-14-8-5-9-15(16(14)11-12)13-6-3-2-4-7-13;2*1-3-2;;/h2*2-11H,1H3;2*3H,1-2H3;;/q4*-1;;. The Morgan fingerprint density at radius 1 is 0.500 bits per heavy atom. The van der Waals surface area contributed by atoms with Gasteiger partial charge in [0.25, 0.3) is 0 Å². The fourth-order valence-corrected chi connectivity index (χ4v) is 4.51. The van der Waals surface area contributed by atoms with Gasteiger partial charge in [-0.25, -0.2) is 0 Å². The van der Waals surface area contributed by atoms with Gasteiger partial charge in [-0.3, -0.25) is 0 Å². The van der Waals surface area contributed by atoms with E-state index >= 15 is 0 Å². The summed E-state index contributed by atoms with van der Waals surface area (Å²) < 4.78 is 0. The van der Waals surface area contributed by atoms with E-state index in [9.17, 15) is 0 Å². The van der Waals surface area contributed by atoms with Crippen molar-refractivity contribution in [3.8, 4) is 22.3 Å². The second kappa shape index (κ2) is 18.5. The predicted molar refractivity (Wildman–Crippen MR) is 176 cm³/mol. The summed E-state index contributed by atoms with van der Waals surface area (Å²) in [7, 11) is 0. The van der Waals surface area contributed by atoms with Crippen molar-refractivity contribution in [3.63, 3.8) is 0 Å². The molecule has 0 aromatic heterocycles. The molecule has 2 heteroatoms. The van der Waals surface area contributed by atoms with Crippen molar-refractivity contribution in [3.05, 3.63) is 145 Å². The van der Waals surface area contributed by atoms with E-state index in [-0.39, 0.29) is 0 Å². The van der Waals surface area contributed by atoms with Gasteiger partial charge in [-0.15, -0.1) is 69.1 Å². The molecule has 0 N–H and O–H groups in total. The van der Waals surface area contributed by atoms with Crippen LogP contribution in [-0.4, -0.2) is 6.88 Å². The molecule has 0 amide bonds. The third kappa shape index (κ3) is 9.69. The van der Waals surface area contributed by atoms with Crippen LogP contribution in [-0.2, 0) is 23.3 Å². The maximum atomic E-state index is 3.06. The van der Waals surface area contributed by atoms with Crippen molar-refractivity contribution in [1.29, 1.82) is 0 Å². The molecular weight excluding hydrogens is 576 g/mol. The van der Waals surface area contributed by atoms with Crippen LogP contribution in [0.25, 0.3) is 43.8 Å². The number of rotatable bonds is 2. The Kier molecular flexibility index (Phi) is 15.5. The first-order valence-corrected chi connectivity index (χ1v) is 17.9. The third-order valence-corrected chi connectivity index (χ3v) is 5.96. The fraction of sp³-hybridized carbons (Fsp3) is 0.158. The molecule has 40 heavy (non-hydrogen) atoms. The van der Waals surface area contributed by atoms with Crippen molar-refractivity contribution in [2.24, 2.45) is 0 Å². The molecule has 0 aliphatic carbocycles. The second-order valence-corrected chi connectivity index (χ2v) is 9.57. The molecule has 0 fully saturated rings. The molecule has 0 saturated carbocycles. The summed E-state index contributed by atoms with van der Waals surface area (Å²) in [5.74, 6) is 0. The van der Waals surface area contributed by atoms with E-state index in [1.165, 1.54) is 78.3 Å². The SMILES string of the molecule is C[CH-]C.C[CH-]C.Cc1cc2c(-c3ccccc3)cccc2[cH-]1.Cc1cc2c(-c3ccccc3)cccc2[cH-]1.[Si]=[Zr]. The van der Waals surface area contributed by atoms with Crippen molar-refractivity contribution < 1.29 is 23.3 Å². The predicted octanol–water partition coefficient (Wildman–Crippen LogP) is 11.1. The minimum atomic E-state index is 1.29. The van der Waals surface area contributed by atoms with Crippen molar-refractivity contribution in [1.82, 2.24) is 0 Å². The molecule has 0 atom stereocenters. The maximum absolute atomic E-state index is 3.06. The van der Waals surface area contributed by atoms with E-state index < -0.39 is 0 Å². The molecule has 204 valence electrons. The van der Waals surface area contributed by atoms with E-state index in [0.29, 0.717) is 0 Å². The topological polar surface area (TPSA) is 0 Å². The molecule has 0 spiro atoms. The summed E-state index contributed by atoms with van der Waals surface area (Å²) >= 11 is 1.36. The fourth-order valence-electron chi connectivity index (χ4n) is 4.51. The molecule has 0 heterocycles. The Bertz CT molecular complexity index is 1410. The van der Waals surface area contributed by atoms with Crippen LogP contribution in [0.15, 0.2) is 121 Å². The molecule has 6 aromatic rings. The minimum absolute atomic E-state index is 1.29. The van der Waals surface area contributed by atoms with Gasteiger partial charge in [-0.2, -0.15) is 39.8 Å². The Labute approximate surface area is 259 Å². The van der Waals surface area contributed by atoms with Crippen molar-refractivity contribution in [2.75, 3.05) is 0 Å². The van der Waals surface area contributed by atoms with Crippen LogP contribution in [0.3, 0.4) is 0 Å². The van der Waals surface area contributed by atoms with Gasteiger partial charge in [0, 0.05) is 0 Å². The van der Waals surface area contributed by atoms with Crippen LogP contribution in [0, 0.1) is 26.7 Å². The third-order valence-electron chi connectivity index (χ3n) is 5.96. The van der Waals surface area contributed by atoms with Crippen LogP contribution in [0.2, 0.25) is 0 Å². The molecule has 0 bridgehead atoms. The van der Waals surface area contributed by atoms with E-state index in [2.05, 4.69) is 142 Å². The molecule has 0 aliphatic rings. The van der Waals surface area contributed by atoms with Gasteiger partial charge in [0.15, 0.2) is 0 Å². The van der Waals surface area contributed by atoms with Crippen LogP contribution in [0.1, 0.15) is 38.8 Å². The van der Waals surface area contributed by atoms with Gasteiger partial charge in [-0.1, -0.05) is 97.8 Å². The Hall–Kier alpha value is -2.80. The monoisotopic (exact) mass is 614 g/mol. The molecule has 0 saturated heterocycles. The van der Waals surface area contributed by atoms with Gasteiger partial charge in [0.1, 0.15) is 0 Å². The first-order valence-electron chi connectivity index (χ1n) is 13.7. The zero-order chi connectivity index (χ0) is 29.3. The molecule has 6 aromatic carbocycles. The molecule has 6 rings (SSSR count). The van der Waals surface area contributed by atoms with Crippen molar-refractivity contribution >= 4 is 28.4 Å². The normalized spacial score (nSPS) is 9.62. The average molecular weight is 616 g/mol. The number of aryl methyl sites for hydroxylation is 2. The summed E-state index contributed by atoms with van der Waals surface area (Å²) in [5.41, 5.74) is 7.89. The van der Waals surface area contributed by atoms with Crippen LogP contribution in [0.4, 0.5) is 0 Å². The van der Waals surface area contributed by atoms with Gasteiger partial charge >= 0.3 is 30.2 Å². The second-order valence-electron chi connectivity index (χ2n) is 9.57. The number of fused-ring (bicyclic) bond motifs is 2. The van der Waals surface area contributed by atoms with Gasteiger partial charge in [-0.05, 0) is 11.1 Å². The Morgan fingerprint density at radius 3 is 1.15 bits per heavy atom. The summed E-state index contributed by atoms with van der Waals surface area (Å²) in [5, 5.41) is 5.37. The molecular formula is C38H40SiZr-4. The molecule has 0 nitrogen and oxygen atoms in total. The summed E-state index contributed by atoms with van der Waals surface area (Å²) in [4.78, 5) is 0. The van der Waals surface area contributed by atoms with Gasteiger partial charge in [0.05, 0.1) is 0 Å². The van der Waals surface area contributed by atoms with Gasteiger partial charge < -0.3 is 12.8 Å². The first kappa shape index (κ1) is 33.4. The first-order chi connectivity index (χ1) is 19.5. The van der Waals surface area contributed by atoms with Gasteiger partial charge in [0.2, 0.25) is 0 Å². The summed E-state index contributed by atoms with van der Waals surface area (Å²) in [6, 6.07) is 43.1. The number of benzene rings is 4. The molecule has 2 radical (unpaired) electrons. The van der Waals surface area contributed by atoms with E-state index in [4.69, 9.17) is 0 Å². The molecule has 0 unspecified atom stereocenters. The zero-order valence-electron chi connectivity index (χ0n) is 24.7. The van der Waals surface area contributed by atoms with Crippen LogP contribution in [0.5, 0.6) is 0 Å². The Balaban J connectivity index is 0.000000223. The Morgan fingerprint density at radius 2 is 0.825 bits per heavy atom. The number of hydrogen-bond donors (Lipinski definition) is 0. The van der Waals surface area contributed by atoms with Crippen LogP contribution < -0.4 is 0 Å². The van der Waals surface area contributed by atoms with Crippen LogP contribution >= 0.6 is 0 Å². The van der Waals surface area contributed by atoms with Crippen molar-refractivity contribution in [2.45, 2.75) is 41.5 Å². The molecule has 0 aliphatic heterocycles. The van der Waals surface area contributed by atoms with E-state index in [1.807, 2.05) is 40.5 Å². The van der Waals surface area contributed by atoms with E-state index in [0.717, 1.165) is 0 Å².